The largest absolute Gasteiger partial charge is 0.495 e. The number of nitrogens with one attached hydrogen (secondary N) is 1. The van der Waals surface area contributed by atoms with Crippen LogP contribution < -0.4 is 10.1 Å². The minimum Gasteiger partial charge on any atom is -0.495 e. The van der Waals surface area contributed by atoms with Gasteiger partial charge in [0.1, 0.15) is 22.6 Å². The minimum atomic E-state index is -0.612. The van der Waals surface area contributed by atoms with E-state index in [-0.39, 0.29) is 23.9 Å². The molecular formula is C27H22N4O4. The van der Waals surface area contributed by atoms with Crippen molar-refractivity contribution in [2.24, 2.45) is 0 Å². The fourth-order valence-electron chi connectivity index (χ4n) is 3.98. The number of carbonyl (C=O) groups is 2. The van der Waals surface area contributed by atoms with Crippen LogP contribution in [0.5, 0.6) is 5.75 Å². The minimum absolute atomic E-state index is 0.121. The van der Waals surface area contributed by atoms with Gasteiger partial charge in [0.2, 0.25) is 0 Å². The second-order valence-electron chi connectivity index (χ2n) is 7.66. The fourth-order valence-corrected chi connectivity index (χ4v) is 3.98. The van der Waals surface area contributed by atoms with Crippen molar-refractivity contribution in [2.75, 3.05) is 19.0 Å². The van der Waals surface area contributed by atoms with E-state index in [1.165, 1.54) is 0 Å². The standard InChI is InChI=1S/C27H22N4O4/c1-3-35-27(33)22-23-25(29-19-14-8-7-13-18(19)28-23)31(20-15-9-10-16-21(20)34-2)24(22)30-26(32)17-11-5-4-6-12-17/h4-16H,3H2,1-2H3,(H,30,32). The maximum Gasteiger partial charge on any atom is 0.344 e. The van der Waals surface area contributed by atoms with Gasteiger partial charge in [-0.1, -0.05) is 42.5 Å². The van der Waals surface area contributed by atoms with Crippen LogP contribution in [0, 0.1) is 0 Å². The molecule has 3 aromatic carbocycles. The first-order valence-electron chi connectivity index (χ1n) is 11.1. The number of carbonyl (C=O) groups excluding carboxylic acids is 2. The van der Waals surface area contributed by atoms with Crippen LogP contribution in [0.1, 0.15) is 27.6 Å². The Morgan fingerprint density at radius 1 is 0.886 bits per heavy atom. The predicted octanol–water partition coefficient (Wildman–Crippen LogP) is 5.01. The van der Waals surface area contributed by atoms with Crippen LogP contribution in [0.3, 0.4) is 0 Å². The Balaban J connectivity index is 1.86. The van der Waals surface area contributed by atoms with Gasteiger partial charge in [-0.05, 0) is 43.3 Å². The van der Waals surface area contributed by atoms with E-state index in [1.54, 1.807) is 48.9 Å². The molecule has 1 amide bonds. The van der Waals surface area contributed by atoms with E-state index in [9.17, 15) is 9.59 Å². The normalized spacial score (nSPS) is 10.9. The summed E-state index contributed by atoms with van der Waals surface area (Å²) in [6, 6.07) is 23.4. The lowest BCUT2D eigenvalue weighted by Gasteiger charge is -2.15. The number of rotatable bonds is 6. The highest BCUT2D eigenvalue weighted by Gasteiger charge is 2.29. The van der Waals surface area contributed by atoms with Gasteiger partial charge in [-0.25, -0.2) is 14.8 Å². The Labute approximate surface area is 201 Å². The van der Waals surface area contributed by atoms with Crippen LogP contribution in [-0.4, -0.2) is 40.1 Å². The summed E-state index contributed by atoms with van der Waals surface area (Å²) >= 11 is 0. The summed E-state index contributed by atoms with van der Waals surface area (Å²) in [5.74, 6) is -0.268. The molecule has 174 valence electrons. The molecule has 8 heteroatoms. The van der Waals surface area contributed by atoms with E-state index >= 15 is 0 Å². The van der Waals surface area contributed by atoms with Crippen LogP contribution in [-0.2, 0) is 4.74 Å². The third-order valence-corrected chi connectivity index (χ3v) is 5.53. The smallest absolute Gasteiger partial charge is 0.344 e. The van der Waals surface area contributed by atoms with Gasteiger partial charge in [0.15, 0.2) is 5.65 Å². The SMILES string of the molecule is CCOC(=O)c1c(NC(=O)c2ccccc2)n(-c2ccccc2OC)c2nc3ccccc3nc12. The number of nitrogens with zero attached hydrogens (tertiary/aromatic N) is 3. The molecule has 5 aromatic rings. The Bertz CT molecular complexity index is 1560. The predicted molar refractivity (Wildman–Crippen MR) is 133 cm³/mol. The maximum absolute atomic E-state index is 13.2. The van der Waals surface area contributed by atoms with E-state index in [0.29, 0.717) is 39.2 Å². The molecule has 8 nitrogen and oxygen atoms in total. The summed E-state index contributed by atoms with van der Waals surface area (Å²) in [6.07, 6.45) is 0. The molecule has 0 aliphatic carbocycles. The number of fused-ring (bicyclic) bond motifs is 2. The van der Waals surface area contributed by atoms with Gasteiger partial charge in [-0.2, -0.15) is 0 Å². The van der Waals surface area contributed by atoms with E-state index in [4.69, 9.17) is 19.4 Å². The zero-order valence-corrected chi connectivity index (χ0v) is 19.2. The molecule has 2 aromatic heterocycles. The van der Waals surface area contributed by atoms with Crippen molar-refractivity contribution in [3.63, 3.8) is 0 Å². The van der Waals surface area contributed by atoms with Crippen LogP contribution in [0.4, 0.5) is 5.82 Å². The lowest BCUT2D eigenvalue weighted by atomic mass is 10.2. The molecule has 35 heavy (non-hydrogen) atoms. The van der Waals surface area contributed by atoms with Gasteiger partial charge >= 0.3 is 5.97 Å². The highest BCUT2D eigenvalue weighted by Crippen LogP contribution is 2.36. The summed E-state index contributed by atoms with van der Waals surface area (Å²) in [7, 11) is 1.56. The first-order chi connectivity index (χ1) is 17.1. The molecule has 0 aliphatic rings. The molecule has 0 unspecified atom stereocenters. The molecule has 0 fully saturated rings. The number of hydrogen-bond donors (Lipinski definition) is 1. The topological polar surface area (TPSA) is 95.3 Å². The van der Waals surface area contributed by atoms with Crippen molar-refractivity contribution < 1.29 is 19.1 Å². The summed E-state index contributed by atoms with van der Waals surface area (Å²) in [4.78, 5) is 36.1. The summed E-state index contributed by atoms with van der Waals surface area (Å²) in [5.41, 5.74) is 3.11. The lowest BCUT2D eigenvalue weighted by molar-refractivity contribution is 0.0529. The number of anilines is 1. The van der Waals surface area contributed by atoms with Gasteiger partial charge < -0.3 is 14.8 Å². The highest BCUT2D eigenvalue weighted by atomic mass is 16.5. The number of ether oxygens (including phenoxy) is 2. The second kappa shape index (κ2) is 9.26. The Kier molecular flexibility index (Phi) is 5.85. The molecule has 0 aliphatic heterocycles. The molecule has 0 saturated carbocycles. The van der Waals surface area contributed by atoms with Crippen molar-refractivity contribution in [2.45, 2.75) is 6.92 Å². The van der Waals surface area contributed by atoms with Gasteiger partial charge in [0.25, 0.3) is 5.91 Å². The molecular weight excluding hydrogens is 444 g/mol. The molecule has 0 radical (unpaired) electrons. The number of para-hydroxylation sites is 4. The quantitative estimate of drug-likeness (QED) is 0.354. The van der Waals surface area contributed by atoms with Gasteiger partial charge in [-0.3, -0.25) is 9.36 Å². The first kappa shape index (κ1) is 22.1. The van der Waals surface area contributed by atoms with E-state index < -0.39 is 5.97 Å². The highest BCUT2D eigenvalue weighted by molar-refractivity contribution is 6.14. The number of amides is 1. The molecule has 2 heterocycles. The monoisotopic (exact) mass is 466 g/mol. The van der Waals surface area contributed by atoms with E-state index in [0.717, 1.165) is 0 Å². The average Bonchev–Trinajstić information content (AvgIpc) is 3.20. The number of esters is 1. The third kappa shape index (κ3) is 3.95. The summed E-state index contributed by atoms with van der Waals surface area (Å²) < 4.78 is 12.7. The second-order valence-corrected chi connectivity index (χ2v) is 7.66. The summed E-state index contributed by atoms with van der Waals surface area (Å²) in [6.45, 7) is 1.88. The zero-order chi connectivity index (χ0) is 24.4. The molecule has 0 saturated heterocycles. The van der Waals surface area contributed by atoms with Crippen LogP contribution in [0.2, 0.25) is 0 Å². The molecule has 0 spiro atoms. The number of benzene rings is 3. The van der Waals surface area contributed by atoms with Crippen molar-refractivity contribution in [1.29, 1.82) is 0 Å². The average molecular weight is 466 g/mol. The van der Waals surface area contributed by atoms with Crippen molar-refractivity contribution in [3.8, 4) is 11.4 Å². The van der Waals surface area contributed by atoms with Crippen molar-refractivity contribution in [1.82, 2.24) is 14.5 Å². The van der Waals surface area contributed by atoms with Crippen LogP contribution in [0.15, 0.2) is 78.9 Å². The maximum atomic E-state index is 13.2. The molecule has 0 atom stereocenters. The Morgan fingerprint density at radius 2 is 1.54 bits per heavy atom. The van der Waals surface area contributed by atoms with E-state index in [1.807, 2.05) is 48.5 Å². The molecule has 0 bridgehead atoms. The number of hydrogen-bond acceptors (Lipinski definition) is 6. The Hall–Kier alpha value is -4.72. The lowest BCUT2D eigenvalue weighted by Crippen LogP contribution is -2.18. The number of methoxy groups -OCH3 is 1. The van der Waals surface area contributed by atoms with Crippen molar-refractivity contribution >= 4 is 39.9 Å². The van der Waals surface area contributed by atoms with Gasteiger partial charge in [0.05, 0.1) is 30.4 Å². The van der Waals surface area contributed by atoms with Gasteiger partial charge in [0, 0.05) is 5.56 Å². The number of aromatic nitrogens is 3. The fraction of sp³-hybridized carbons (Fsp3) is 0.111. The summed E-state index contributed by atoms with van der Waals surface area (Å²) in [5, 5.41) is 2.92. The third-order valence-electron chi connectivity index (χ3n) is 5.53. The molecule has 5 rings (SSSR count). The zero-order valence-electron chi connectivity index (χ0n) is 19.2. The Morgan fingerprint density at radius 3 is 2.26 bits per heavy atom. The molecule has 1 N–H and O–H groups in total. The van der Waals surface area contributed by atoms with Crippen molar-refractivity contribution in [3.05, 3.63) is 90.0 Å². The first-order valence-corrected chi connectivity index (χ1v) is 11.1. The van der Waals surface area contributed by atoms with E-state index in [2.05, 4.69) is 5.32 Å². The van der Waals surface area contributed by atoms with Gasteiger partial charge in [-0.15, -0.1) is 0 Å². The van der Waals surface area contributed by atoms with Crippen LogP contribution >= 0.6 is 0 Å². The van der Waals surface area contributed by atoms with Crippen LogP contribution in [0.25, 0.3) is 27.9 Å².